The van der Waals surface area contributed by atoms with Gasteiger partial charge in [-0.05, 0) is 72.0 Å². The van der Waals surface area contributed by atoms with Crippen LogP contribution in [0.4, 0.5) is 0 Å². The molecule has 0 saturated heterocycles. The zero-order chi connectivity index (χ0) is 17.3. The molecule has 2 N–H and O–H groups in total. The Morgan fingerprint density at radius 1 is 0.875 bits per heavy atom. The Morgan fingerprint density at radius 2 is 1.58 bits per heavy atom. The molecule has 0 unspecified atom stereocenters. The first-order valence-corrected chi connectivity index (χ1v) is 10.6. The lowest BCUT2D eigenvalue weighted by atomic mass is 9.45. The van der Waals surface area contributed by atoms with Crippen molar-refractivity contribution in [3.63, 3.8) is 0 Å². The molecule has 0 radical (unpaired) electrons. The second-order valence-corrected chi connectivity index (χ2v) is 11.1. The Hall–Kier alpha value is -0.0800. The molecule has 0 aromatic rings. The van der Waals surface area contributed by atoms with E-state index in [0.29, 0.717) is 16.2 Å². The van der Waals surface area contributed by atoms with Crippen LogP contribution in [0.25, 0.3) is 0 Å². The summed E-state index contributed by atoms with van der Waals surface area (Å²) in [4.78, 5) is 0. The first-order chi connectivity index (χ1) is 11.2. The average molecular weight is 333 g/mol. The molecule has 2 heteroatoms. The standard InChI is InChI=1S/C22H40N2/c1-14-17-11-16(20(17,2)3)12-18(14)23-9-10-24-19-13-15-7-8-22(19,6)21(15,4)5/h14-19,23-24H,7-13H2,1-6H3/t14-,15-,16+,17-,18-,19+,22+/m1/s1. The molecule has 7 atom stereocenters. The third kappa shape index (κ3) is 2.21. The van der Waals surface area contributed by atoms with Crippen LogP contribution in [0.3, 0.4) is 0 Å². The topological polar surface area (TPSA) is 24.1 Å². The molecule has 4 bridgehead atoms. The molecule has 138 valence electrons. The second-order valence-electron chi connectivity index (χ2n) is 11.1. The van der Waals surface area contributed by atoms with Crippen LogP contribution in [0, 0.1) is 39.9 Å². The van der Waals surface area contributed by atoms with E-state index in [0.717, 1.165) is 48.8 Å². The van der Waals surface area contributed by atoms with Crippen molar-refractivity contribution in [3.8, 4) is 0 Å². The molecule has 5 fully saturated rings. The highest BCUT2D eigenvalue weighted by molar-refractivity contribution is 5.13. The molecule has 0 heterocycles. The summed E-state index contributed by atoms with van der Waals surface area (Å²) in [5.41, 5.74) is 1.66. The first-order valence-electron chi connectivity index (χ1n) is 10.6. The first kappa shape index (κ1) is 17.3. The van der Waals surface area contributed by atoms with E-state index in [4.69, 9.17) is 0 Å². The predicted molar refractivity (Wildman–Crippen MR) is 102 cm³/mol. The number of fused-ring (bicyclic) bond motifs is 4. The maximum atomic E-state index is 3.94. The lowest BCUT2D eigenvalue weighted by Gasteiger charge is -2.62. The van der Waals surface area contributed by atoms with Gasteiger partial charge in [0, 0.05) is 25.2 Å². The maximum Gasteiger partial charge on any atom is 0.0129 e. The third-order valence-electron chi connectivity index (χ3n) is 10.1. The SMILES string of the molecule is C[C@@H]1[C@H]2C[C@@H](C[C@H]1NCCN[C@H]1C[C@H]3CC[C@]1(C)C3(C)C)C2(C)C. The molecule has 0 aromatic carbocycles. The van der Waals surface area contributed by atoms with Crippen molar-refractivity contribution in [1.82, 2.24) is 10.6 Å². The zero-order valence-corrected chi connectivity index (χ0v) is 16.9. The van der Waals surface area contributed by atoms with Crippen LogP contribution in [0.1, 0.15) is 73.6 Å². The van der Waals surface area contributed by atoms with E-state index in [9.17, 15) is 0 Å². The van der Waals surface area contributed by atoms with Gasteiger partial charge in [-0.15, -0.1) is 0 Å². The smallest absolute Gasteiger partial charge is 0.0129 e. The summed E-state index contributed by atoms with van der Waals surface area (Å²) in [5.74, 6) is 3.71. The molecule has 24 heavy (non-hydrogen) atoms. The van der Waals surface area contributed by atoms with Crippen molar-refractivity contribution in [2.24, 2.45) is 39.9 Å². The predicted octanol–water partition coefficient (Wildman–Crippen LogP) is 4.45. The summed E-state index contributed by atoms with van der Waals surface area (Å²) >= 11 is 0. The molecule has 5 saturated carbocycles. The summed E-state index contributed by atoms with van der Waals surface area (Å²) in [6, 6.07) is 1.50. The fourth-order valence-corrected chi connectivity index (χ4v) is 7.44. The summed E-state index contributed by atoms with van der Waals surface area (Å²) in [6.07, 6.45) is 7.18. The van der Waals surface area contributed by atoms with Crippen molar-refractivity contribution < 1.29 is 0 Å². The summed E-state index contributed by atoms with van der Waals surface area (Å²) in [7, 11) is 0. The van der Waals surface area contributed by atoms with E-state index in [-0.39, 0.29) is 0 Å². The quantitative estimate of drug-likeness (QED) is 0.727. The van der Waals surface area contributed by atoms with Crippen molar-refractivity contribution in [1.29, 1.82) is 0 Å². The minimum Gasteiger partial charge on any atom is -0.312 e. The van der Waals surface area contributed by atoms with Gasteiger partial charge in [0.15, 0.2) is 0 Å². The Morgan fingerprint density at radius 3 is 2.12 bits per heavy atom. The summed E-state index contributed by atoms with van der Waals surface area (Å²) in [6.45, 7) is 17.4. The van der Waals surface area contributed by atoms with Crippen LogP contribution < -0.4 is 10.6 Å². The highest BCUT2D eigenvalue weighted by Gasteiger charge is 2.61. The van der Waals surface area contributed by atoms with E-state index in [2.05, 4.69) is 52.2 Å². The van der Waals surface area contributed by atoms with Gasteiger partial charge < -0.3 is 10.6 Å². The molecular formula is C22H40N2. The van der Waals surface area contributed by atoms with Crippen molar-refractivity contribution in [2.45, 2.75) is 85.7 Å². The largest absolute Gasteiger partial charge is 0.312 e. The van der Waals surface area contributed by atoms with E-state index < -0.39 is 0 Å². The molecule has 5 rings (SSSR count). The molecule has 5 aliphatic carbocycles. The van der Waals surface area contributed by atoms with Gasteiger partial charge in [0.05, 0.1) is 0 Å². The van der Waals surface area contributed by atoms with Crippen LogP contribution >= 0.6 is 0 Å². The lowest BCUT2D eigenvalue weighted by molar-refractivity contribution is -0.114. The van der Waals surface area contributed by atoms with E-state index >= 15 is 0 Å². The maximum absolute atomic E-state index is 3.94. The molecule has 2 nitrogen and oxygen atoms in total. The van der Waals surface area contributed by atoms with Gasteiger partial charge in [-0.3, -0.25) is 0 Å². The van der Waals surface area contributed by atoms with Crippen LogP contribution in [0.2, 0.25) is 0 Å². The zero-order valence-electron chi connectivity index (χ0n) is 16.9. The Bertz CT molecular complexity index is 496. The van der Waals surface area contributed by atoms with Crippen molar-refractivity contribution in [2.75, 3.05) is 13.1 Å². The fraction of sp³-hybridized carbons (Fsp3) is 1.00. The minimum absolute atomic E-state index is 0.515. The van der Waals surface area contributed by atoms with E-state index in [1.54, 1.807) is 0 Å². The average Bonchev–Trinajstić information content (AvgIpc) is 2.85. The van der Waals surface area contributed by atoms with Crippen LogP contribution in [0.15, 0.2) is 0 Å². The van der Waals surface area contributed by atoms with Gasteiger partial charge in [0.25, 0.3) is 0 Å². The second kappa shape index (κ2) is 5.46. The molecule has 0 amide bonds. The van der Waals surface area contributed by atoms with Gasteiger partial charge in [-0.25, -0.2) is 0 Å². The minimum atomic E-state index is 0.515. The number of nitrogens with one attached hydrogen (secondary N) is 2. The van der Waals surface area contributed by atoms with Crippen LogP contribution in [0.5, 0.6) is 0 Å². The molecular weight excluding hydrogens is 292 g/mol. The fourth-order valence-electron chi connectivity index (χ4n) is 7.44. The van der Waals surface area contributed by atoms with Crippen LogP contribution in [-0.2, 0) is 0 Å². The third-order valence-corrected chi connectivity index (χ3v) is 10.1. The monoisotopic (exact) mass is 332 g/mol. The highest BCUT2D eigenvalue weighted by atomic mass is 15.0. The molecule has 0 spiro atoms. The van der Waals surface area contributed by atoms with Gasteiger partial charge in [0.2, 0.25) is 0 Å². The summed E-state index contributed by atoms with van der Waals surface area (Å²) in [5, 5.41) is 7.85. The lowest BCUT2D eigenvalue weighted by Crippen LogP contribution is -2.60. The van der Waals surface area contributed by atoms with Crippen LogP contribution in [-0.4, -0.2) is 25.2 Å². The molecule has 0 aliphatic heterocycles. The number of hydrogen-bond donors (Lipinski definition) is 2. The Balaban J connectivity index is 1.24. The van der Waals surface area contributed by atoms with Gasteiger partial charge in [0.1, 0.15) is 0 Å². The summed E-state index contributed by atoms with van der Waals surface area (Å²) < 4.78 is 0. The molecule has 5 aliphatic rings. The number of hydrogen-bond acceptors (Lipinski definition) is 2. The number of rotatable bonds is 5. The van der Waals surface area contributed by atoms with E-state index in [1.165, 1.54) is 32.1 Å². The van der Waals surface area contributed by atoms with Crippen molar-refractivity contribution in [3.05, 3.63) is 0 Å². The van der Waals surface area contributed by atoms with Gasteiger partial charge in [-0.2, -0.15) is 0 Å². The van der Waals surface area contributed by atoms with Gasteiger partial charge >= 0.3 is 0 Å². The molecule has 0 aromatic heterocycles. The Labute approximate surface area is 149 Å². The Kier molecular flexibility index (Phi) is 3.94. The van der Waals surface area contributed by atoms with E-state index in [1.807, 2.05) is 0 Å². The normalized spacial score (nSPS) is 50.8. The van der Waals surface area contributed by atoms with Crippen molar-refractivity contribution >= 4 is 0 Å². The highest BCUT2D eigenvalue weighted by Crippen LogP contribution is 2.65. The van der Waals surface area contributed by atoms with Gasteiger partial charge in [-0.1, -0.05) is 41.5 Å².